The predicted octanol–water partition coefficient (Wildman–Crippen LogP) is 4.63. The summed E-state index contributed by atoms with van der Waals surface area (Å²) in [6.45, 7) is 0. The molecule has 0 saturated carbocycles. The first-order chi connectivity index (χ1) is 10.7. The molecule has 0 amide bonds. The number of benzene rings is 2. The average molecular weight is 313 g/mol. The van der Waals surface area contributed by atoms with Crippen molar-refractivity contribution in [3.05, 3.63) is 75.1 Å². The lowest BCUT2D eigenvalue weighted by Gasteiger charge is -2.00. The summed E-state index contributed by atoms with van der Waals surface area (Å²) < 4.78 is 10.8. The molecule has 3 aromatic rings. The van der Waals surface area contributed by atoms with E-state index in [2.05, 4.69) is 0 Å². The second kappa shape index (κ2) is 6.08. The smallest absolute Gasteiger partial charge is 0.193 e. The zero-order chi connectivity index (χ0) is 15.5. The summed E-state index contributed by atoms with van der Waals surface area (Å²) in [4.78, 5) is 12.1. The highest BCUT2D eigenvalue weighted by molar-refractivity contribution is 6.31. The van der Waals surface area contributed by atoms with Gasteiger partial charge in [0.05, 0.1) is 12.5 Å². The van der Waals surface area contributed by atoms with Gasteiger partial charge in [-0.2, -0.15) is 0 Å². The Bertz CT molecular complexity index is 892. The van der Waals surface area contributed by atoms with E-state index < -0.39 is 0 Å². The molecule has 0 radical (unpaired) electrons. The minimum absolute atomic E-state index is 0.113. The lowest BCUT2D eigenvalue weighted by Crippen LogP contribution is -1.99. The van der Waals surface area contributed by atoms with E-state index in [9.17, 15) is 4.79 Å². The Kier molecular flexibility index (Phi) is 3.98. The Morgan fingerprint density at radius 2 is 1.82 bits per heavy atom. The molecule has 3 rings (SSSR count). The van der Waals surface area contributed by atoms with Crippen LogP contribution in [0.4, 0.5) is 0 Å². The summed E-state index contributed by atoms with van der Waals surface area (Å²) in [5, 5.41) is 0.996. The van der Waals surface area contributed by atoms with Crippen LogP contribution in [0, 0.1) is 0 Å². The van der Waals surface area contributed by atoms with Gasteiger partial charge < -0.3 is 9.15 Å². The van der Waals surface area contributed by atoms with Crippen molar-refractivity contribution in [3.8, 4) is 5.75 Å². The molecule has 0 spiro atoms. The van der Waals surface area contributed by atoms with Crippen molar-refractivity contribution in [3.63, 3.8) is 0 Å². The number of halogens is 1. The molecule has 0 bridgehead atoms. The van der Waals surface area contributed by atoms with E-state index in [1.807, 2.05) is 30.3 Å². The maximum atomic E-state index is 12.1. The number of fused-ring (bicyclic) bond motifs is 1. The third-order valence-corrected chi connectivity index (χ3v) is 3.50. The van der Waals surface area contributed by atoms with E-state index in [0.717, 1.165) is 11.3 Å². The fraction of sp³-hybridized carbons (Fsp3) is 0.0556. The van der Waals surface area contributed by atoms with Crippen LogP contribution in [0.15, 0.2) is 57.7 Å². The minimum Gasteiger partial charge on any atom is -0.497 e. The SMILES string of the molecule is COc1ccc(C=Cc2cc(=O)c3cc(Cl)ccc3o2)cc1. The van der Waals surface area contributed by atoms with Crippen LogP contribution in [-0.4, -0.2) is 7.11 Å². The van der Waals surface area contributed by atoms with Crippen molar-refractivity contribution in [2.24, 2.45) is 0 Å². The van der Waals surface area contributed by atoms with Crippen molar-refractivity contribution in [2.45, 2.75) is 0 Å². The number of hydrogen-bond donors (Lipinski definition) is 0. The first kappa shape index (κ1) is 14.4. The molecule has 2 aromatic carbocycles. The van der Waals surface area contributed by atoms with Crippen molar-refractivity contribution >= 4 is 34.7 Å². The summed E-state index contributed by atoms with van der Waals surface area (Å²) in [6.07, 6.45) is 3.64. The second-order valence-electron chi connectivity index (χ2n) is 4.76. The zero-order valence-corrected chi connectivity index (χ0v) is 12.6. The highest BCUT2D eigenvalue weighted by atomic mass is 35.5. The molecule has 110 valence electrons. The van der Waals surface area contributed by atoms with Crippen LogP contribution in [-0.2, 0) is 0 Å². The van der Waals surface area contributed by atoms with Gasteiger partial charge in [0.15, 0.2) is 5.43 Å². The lowest BCUT2D eigenvalue weighted by molar-refractivity contribution is 0.415. The third kappa shape index (κ3) is 3.05. The Morgan fingerprint density at radius 3 is 2.55 bits per heavy atom. The topological polar surface area (TPSA) is 39.4 Å². The maximum Gasteiger partial charge on any atom is 0.193 e. The fourth-order valence-electron chi connectivity index (χ4n) is 2.12. The molecular formula is C18H13ClO3. The Balaban J connectivity index is 1.94. The molecule has 1 heterocycles. The largest absolute Gasteiger partial charge is 0.497 e. The van der Waals surface area contributed by atoms with Gasteiger partial charge in [0, 0.05) is 11.1 Å². The van der Waals surface area contributed by atoms with Crippen LogP contribution in [0.25, 0.3) is 23.1 Å². The van der Waals surface area contributed by atoms with Crippen LogP contribution in [0.3, 0.4) is 0 Å². The molecule has 0 fully saturated rings. The standard InChI is InChI=1S/C18H13ClO3/c1-21-14-6-2-12(3-7-14)4-8-15-11-17(20)16-10-13(19)5-9-18(16)22-15/h2-11H,1H3. The van der Waals surface area contributed by atoms with Gasteiger partial charge in [-0.3, -0.25) is 4.79 Å². The molecule has 0 saturated heterocycles. The van der Waals surface area contributed by atoms with Gasteiger partial charge in [-0.05, 0) is 42.0 Å². The Labute approximate surface area is 132 Å². The highest BCUT2D eigenvalue weighted by Crippen LogP contribution is 2.19. The molecular weight excluding hydrogens is 300 g/mol. The van der Waals surface area contributed by atoms with Gasteiger partial charge in [-0.1, -0.05) is 29.8 Å². The number of hydrogen-bond acceptors (Lipinski definition) is 3. The maximum absolute atomic E-state index is 12.1. The summed E-state index contributed by atoms with van der Waals surface area (Å²) in [5.41, 5.74) is 1.39. The van der Waals surface area contributed by atoms with Gasteiger partial charge in [-0.15, -0.1) is 0 Å². The van der Waals surface area contributed by atoms with Gasteiger partial charge in [0.25, 0.3) is 0 Å². The summed E-state index contributed by atoms with van der Waals surface area (Å²) in [7, 11) is 1.63. The van der Waals surface area contributed by atoms with E-state index in [1.165, 1.54) is 6.07 Å². The Hall–Kier alpha value is -2.52. The van der Waals surface area contributed by atoms with E-state index in [1.54, 1.807) is 31.4 Å². The summed E-state index contributed by atoms with van der Waals surface area (Å²) in [5.74, 6) is 1.29. The fourth-order valence-corrected chi connectivity index (χ4v) is 2.29. The van der Waals surface area contributed by atoms with E-state index in [4.69, 9.17) is 20.8 Å². The van der Waals surface area contributed by atoms with Crippen molar-refractivity contribution in [1.29, 1.82) is 0 Å². The van der Waals surface area contributed by atoms with E-state index in [0.29, 0.717) is 21.8 Å². The van der Waals surface area contributed by atoms with Crippen LogP contribution >= 0.6 is 11.6 Å². The monoisotopic (exact) mass is 312 g/mol. The molecule has 3 nitrogen and oxygen atoms in total. The van der Waals surface area contributed by atoms with E-state index in [-0.39, 0.29) is 5.43 Å². The predicted molar refractivity (Wildman–Crippen MR) is 89.4 cm³/mol. The van der Waals surface area contributed by atoms with Crippen molar-refractivity contribution in [2.75, 3.05) is 7.11 Å². The highest BCUT2D eigenvalue weighted by Gasteiger charge is 2.03. The molecule has 4 heteroatoms. The normalized spacial score (nSPS) is 11.2. The van der Waals surface area contributed by atoms with Crippen molar-refractivity contribution < 1.29 is 9.15 Å². The van der Waals surface area contributed by atoms with Gasteiger partial charge in [0.2, 0.25) is 0 Å². The molecule has 0 aliphatic heterocycles. The molecule has 0 atom stereocenters. The molecule has 22 heavy (non-hydrogen) atoms. The third-order valence-electron chi connectivity index (χ3n) is 3.26. The number of ether oxygens (including phenoxy) is 1. The Morgan fingerprint density at radius 1 is 1.05 bits per heavy atom. The quantitative estimate of drug-likeness (QED) is 0.708. The lowest BCUT2D eigenvalue weighted by atomic mass is 10.2. The van der Waals surface area contributed by atoms with Crippen LogP contribution in [0.5, 0.6) is 5.75 Å². The number of methoxy groups -OCH3 is 1. The number of rotatable bonds is 3. The molecule has 0 N–H and O–H groups in total. The minimum atomic E-state index is -0.113. The average Bonchev–Trinajstić information content (AvgIpc) is 2.54. The van der Waals surface area contributed by atoms with Gasteiger partial charge in [0.1, 0.15) is 17.1 Å². The summed E-state index contributed by atoms with van der Waals surface area (Å²) in [6, 6.07) is 14.1. The molecule has 1 aromatic heterocycles. The van der Waals surface area contributed by atoms with Crippen LogP contribution in [0.2, 0.25) is 5.02 Å². The zero-order valence-electron chi connectivity index (χ0n) is 11.9. The molecule has 0 unspecified atom stereocenters. The van der Waals surface area contributed by atoms with Gasteiger partial charge >= 0.3 is 0 Å². The van der Waals surface area contributed by atoms with Crippen molar-refractivity contribution in [1.82, 2.24) is 0 Å². The first-order valence-electron chi connectivity index (χ1n) is 6.71. The van der Waals surface area contributed by atoms with Gasteiger partial charge in [-0.25, -0.2) is 0 Å². The van der Waals surface area contributed by atoms with E-state index >= 15 is 0 Å². The van der Waals surface area contributed by atoms with Crippen LogP contribution in [0.1, 0.15) is 11.3 Å². The first-order valence-corrected chi connectivity index (χ1v) is 7.09. The van der Waals surface area contributed by atoms with Crippen LogP contribution < -0.4 is 10.2 Å². The summed E-state index contributed by atoms with van der Waals surface area (Å²) >= 11 is 5.89. The second-order valence-corrected chi connectivity index (χ2v) is 5.20. The molecule has 0 aliphatic carbocycles. The molecule has 0 aliphatic rings.